The average Bonchev–Trinajstić information content (AvgIpc) is 3.40. The molecule has 1 aliphatic carbocycles. The third kappa shape index (κ3) is 3.99. The Hall–Kier alpha value is -2.13. The van der Waals surface area contributed by atoms with Gasteiger partial charge in [-0.3, -0.25) is 14.3 Å². The number of anilines is 1. The fraction of sp³-hybridized carbons (Fsp3) is 0.529. The molecule has 3 rings (SSSR count). The Morgan fingerprint density at radius 2 is 1.62 bits per heavy atom. The summed E-state index contributed by atoms with van der Waals surface area (Å²) in [5.41, 5.74) is -0.296. The number of hydrogen-bond donors (Lipinski definition) is 2. The zero-order valence-corrected chi connectivity index (χ0v) is 15.5. The lowest BCUT2D eigenvalue weighted by atomic mass is 10.1. The van der Waals surface area contributed by atoms with Gasteiger partial charge < -0.3 is 14.9 Å². The van der Waals surface area contributed by atoms with E-state index in [4.69, 9.17) is 0 Å². The maximum absolute atomic E-state index is 12.6. The molecule has 8 nitrogen and oxygen atoms in total. The van der Waals surface area contributed by atoms with Crippen LogP contribution in [0.25, 0.3) is 0 Å². The summed E-state index contributed by atoms with van der Waals surface area (Å²) in [5, 5.41) is 9.91. The van der Waals surface area contributed by atoms with Crippen molar-refractivity contribution in [2.75, 3.05) is 36.7 Å². The van der Waals surface area contributed by atoms with E-state index < -0.39 is 15.6 Å². The van der Waals surface area contributed by atoms with Crippen LogP contribution in [0.3, 0.4) is 0 Å². The summed E-state index contributed by atoms with van der Waals surface area (Å²) in [5.74, 6) is -0.421. The molecular formula is C17H23N3O5S. The molecule has 1 aromatic carbocycles. The van der Waals surface area contributed by atoms with Crippen LogP contribution in [0.4, 0.5) is 5.69 Å². The van der Waals surface area contributed by atoms with E-state index in [-0.39, 0.29) is 17.6 Å². The first-order valence-corrected chi connectivity index (χ1v) is 10.3. The number of piperazine rings is 1. The number of hydrogen-bond acceptors (Lipinski definition) is 5. The highest BCUT2D eigenvalue weighted by molar-refractivity contribution is 7.92. The first kappa shape index (κ1) is 18.7. The molecule has 0 aromatic heterocycles. The molecule has 1 saturated carbocycles. The third-order valence-electron chi connectivity index (χ3n) is 4.76. The molecule has 142 valence electrons. The molecule has 2 fully saturated rings. The topological polar surface area (TPSA) is 107 Å². The molecule has 2 amide bonds. The van der Waals surface area contributed by atoms with E-state index in [0.717, 1.165) is 0 Å². The van der Waals surface area contributed by atoms with Gasteiger partial charge in [0.15, 0.2) is 0 Å². The van der Waals surface area contributed by atoms with Gasteiger partial charge in [-0.2, -0.15) is 0 Å². The summed E-state index contributed by atoms with van der Waals surface area (Å²) >= 11 is 0. The van der Waals surface area contributed by atoms with Gasteiger partial charge in [0, 0.05) is 37.4 Å². The highest BCUT2D eigenvalue weighted by Crippen LogP contribution is 2.37. The van der Waals surface area contributed by atoms with Crippen LogP contribution in [-0.4, -0.2) is 72.7 Å². The number of carbonyl (C=O) groups is 2. The lowest BCUT2D eigenvalue weighted by Gasteiger charge is -2.35. The largest absolute Gasteiger partial charge is 0.380 e. The normalized spacial score (nSPS) is 19.2. The number of nitrogens with one attached hydrogen (secondary N) is 1. The predicted octanol–water partition coefficient (Wildman–Crippen LogP) is 0.258. The molecule has 26 heavy (non-hydrogen) atoms. The summed E-state index contributed by atoms with van der Waals surface area (Å²) in [4.78, 5) is 28.0. The van der Waals surface area contributed by atoms with E-state index in [2.05, 4.69) is 4.72 Å². The Labute approximate surface area is 152 Å². The highest BCUT2D eigenvalue weighted by Gasteiger charge is 2.50. The number of benzene rings is 1. The number of nitrogens with zero attached hydrogens (tertiary/aromatic N) is 2. The van der Waals surface area contributed by atoms with E-state index >= 15 is 0 Å². The minimum Gasteiger partial charge on any atom is -0.380 e. The van der Waals surface area contributed by atoms with Crippen molar-refractivity contribution in [2.45, 2.75) is 25.4 Å². The van der Waals surface area contributed by atoms with Crippen LogP contribution < -0.4 is 4.72 Å². The van der Waals surface area contributed by atoms with Crippen molar-refractivity contribution in [3.05, 3.63) is 29.8 Å². The van der Waals surface area contributed by atoms with Crippen molar-refractivity contribution in [3.63, 3.8) is 0 Å². The number of aliphatic hydroxyl groups is 1. The quantitative estimate of drug-likeness (QED) is 0.761. The van der Waals surface area contributed by atoms with Crippen molar-refractivity contribution >= 4 is 27.5 Å². The van der Waals surface area contributed by atoms with Gasteiger partial charge in [-0.15, -0.1) is 0 Å². The maximum atomic E-state index is 12.6. The van der Waals surface area contributed by atoms with E-state index in [0.29, 0.717) is 50.3 Å². The van der Waals surface area contributed by atoms with Gasteiger partial charge in [0.25, 0.3) is 11.8 Å². The van der Waals surface area contributed by atoms with Crippen LogP contribution in [0.1, 0.15) is 30.1 Å². The Balaban J connectivity index is 1.57. The van der Waals surface area contributed by atoms with E-state index in [1.807, 2.05) is 0 Å². The number of sulfonamides is 1. The number of amides is 2. The molecule has 1 aromatic rings. The molecule has 0 radical (unpaired) electrons. The minimum atomic E-state index is -3.35. The van der Waals surface area contributed by atoms with Crippen molar-refractivity contribution in [1.29, 1.82) is 0 Å². The van der Waals surface area contributed by atoms with Crippen molar-refractivity contribution in [3.8, 4) is 0 Å². The van der Waals surface area contributed by atoms with Crippen molar-refractivity contribution < 1.29 is 23.1 Å². The van der Waals surface area contributed by atoms with Crippen LogP contribution in [-0.2, 0) is 14.8 Å². The molecular weight excluding hydrogens is 358 g/mol. The molecule has 2 N–H and O–H groups in total. The standard InChI is InChI=1S/C17H23N3O5S/c1-2-26(24,25)18-14-5-3-13(4-6-14)15(21)19-9-11-20(12-10-19)16(22)17(23)7-8-17/h3-6,18,23H,2,7-12H2,1H3. The molecule has 0 unspecified atom stereocenters. The van der Waals surface area contributed by atoms with Crippen LogP contribution in [0.15, 0.2) is 24.3 Å². The molecule has 0 atom stereocenters. The monoisotopic (exact) mass is 381 g/mol. The minimum absolute atomic E-state index is 0.0220. The van der Waals surface area contributed by atoms with Gasteiger partial charge in [0.1, 0.15) is 5.60 Å². The molecule has 2 aliphatic rings. The lowest BCUT2D eigenvalue weighted by Crippen LogP contribution is -2.53. The third-order valence-corrected chi connectivity index (χ3v) is 6.07. The number of rotatable bonds is 5. The SMILES string of the molecule is CCS(=O)(=O)Nc1ccc(C(=O)N2CCN(C(=O)C3(O)CC3)CC2)cc1. The average molecular weight is 381 g/mol. The second kappa shape index (κ2) is 6.88. The van der Waals surface area contributed by atoms with Crippen LogP contribution in [0.2, 0.25) is 0 Å². The van der Waals surface area contributed by atoms with Crippen molar-refractivity contribution in [2.24, 2.45) is 0 Å². The Morgan fingerprint density at radius 1 is 1.08 bits per heavy atom. The fourth-order valence-corrected chi connectivity index (χ4v) is 3.49. The summed E-state index contributed by atoms with van der Waals surface area (Å²) in [6.07, 6.45) is 1.03. The molecule has 1 heterocycles. The Kier molecular flexibility index (Phi) is 4.94. The second-order valence-corrected chi connectivity index (χ2v) is 8.71. The fourth-order valence-electron chi connectivity index (χ4n) is 2.85. The molecule has 0 bridgehead atoms. The highest BCUT2D eigenvalue weighted by atomic mass is 32.2. The predicted molar refractivity (Wildman–Crippen MR) is 96.2 cm³/mol. The zero-order chi connectivity index (χ0) is 18.9. The van der Waals surface area contributed by atoms with Crippen LogP contribution in [0, 0.1) is 0 Å². The van der Waals surface area contributed by atoms with Crippen molar-refractivity contribution in [1.82, 2.24) is 9.80 Å². The van der Waals surface area contributed by atoms with E-state index in [1.165, 1.54) is 0 Å². The molecule has 1 aliphatic heterocycles. The van der Waals surface area contributed by atoms with Gasteiger partial charge in [0.2, 0.25) is 10.0 Å². The van der Waals surface area contributed by atoms with Gasteiger partial charge in [-0.05, 0) is 44.0 Å². The first-order valence-electron chi connectivity index (χ1n) is 8.66. The number of carbonyl (C=O) groups excluding carboxylic acids is 2. The van der Waals surface area contributed by atoms with Gasteiger partial charge >= 0.3 is 0 Å². The molecule has 1 saturated heterocycles. The van der Waals surface area contributed by atoms with Crippen LogP contribution in [0.5, 0.6) is 0 Å². The van der Waals surface area contributed by atoms with Gasteiger partial charge in [-0.25, -0.2) is 8.42 Å². The Bertz CT molecular complexity index is 794. The van der Waals surface area contributed by atoms with Gasteiger partial charge in [-0.1, -0.05) is 0 Å². The second-order valence-electron chi connectivity index (χ2n) is 6.70. The first-order chi connectivity index (χ1) is 12.2. The summed E-state index contributed by atoms with van der Waals surface area (Å²) in [7, 11) is -3.35. The van der Waals surface area contributed by atoms with E-state index in [9.17, 15) is 23.1 Å². The Morgan fingerprint density at radius 3 is 2.12 bits per heavy atom. The summed E-state index contributed by atoms with van der Waals surface area (Å²) in [6, 6.07) is 6.28. The smallest absolute Gasteiger partial charge is 0.254 e. The summed E-state index contributed by atoms with van der Waals surface area (Å²) in [6.45, 7) is 3.17. The van der Waals surface area contributed by atoms with E-state index in [1.54, 1.807) is 41.0 Å². The zero-order valence-electron chi connectivity index (χ0n) is 14.6. The summed E-state index contributed by atoms with van der Waals surface area (Å²) < 4.78 is 25.6. The van der Waals surface area contributed by atoms with Crippen LogP contribution >= 0.6 is 0 Å². The molecule has 0 spiro atoms. The molecule has 9 heteroatoms. The lowest BCUT2D eigenvalue weighted by molar-refractivity contribution is -0.143. The maximum Gasteiger partial charge on any atom is 0.254 e. The van der Waals surface area contributed by atoms with Gasteiger partial charge in [0.05, 0.1) is 5.75 Å².